The molecule has 1 aliphatic heterocycles. The van der Waals surface area contributed by atoms with Gasteiger partial charge in [-0.15, -0.1) is 5.10 Å². The zero-order valence-electron chi connectivity index (χ0n) is 15.6. The largest absolute Gasteiger partial charge is 0.347 e. The summed E-state index contributed by atoms with van der Waals surface area (Å²) < 4.78 is 2.61. The topological polar surface area (TPSA) is 50.5 Å². The van der Waals surface area contributed by atoms with E-state index < -0.39 is 0 Å². The van der Waals surface area contributed by atoms with E-state index in [9.17, 15) is 4.79 Å². The lowest BCUT2D eigenvalue weighted by Gasteiger charge is -2.31. The first-order valence-electron chi connectivity index (χ1n) is 9.46. The zero-order chi connectivity index (χ0) is 19.0. The Morgan fingerprint density at radius 3 is 2.74 bits per heavy atom. The summed E-state index contributed by atoms with van der Waals surface area (Å²) >= 11 is 5.10. The van der Waals surface area contributed by atoms with Crippen LogP contribution in [-0.4, -0.2) is 27.7 Å². The molecule has 1 aromatic carbocycles. The smallest absolute Gasteiger partial charge is 0.275 e. The van der Waals surface area contributed by atoms with Crippen LogP contribution in [0.25, 0.3) is 4.96 Å². The standard InChI is InChI=1S/C20H23BrN4OS/c1-3-4-16-12-18(26)25-19(22-16)27-20(23-25)24-9-7-14(8-10-24)15-5-6-17(21)13(2)11-15/h5-6,11-12,14H,3-4,7-10H2,1-2H3. The molecule has 27 heavy (non-hydrogen) atoms. The molecule has 1 aliphatic rings. The van der Waals surface area contributed by atoms with Gasteiger partial charge in [-0.1, -0.05) is 52.7 Å². The van der Waals surface area contributed by atoms with Crippen LogP contribution < -0.4 is 10.5 Å². The second kappa shape index (κ2) is 7.72. The molecule has 0 N–H and O–H groups in total. The van der Waals surface area contributed by atoms with E-state index in [0.717, 1.165) is 49.6 Å². The normalized spacial score (nSPS) is 15.6. The quantitative estimate of drug-likeness (QED) is 0.589. The van der Waals surface area contributed by atoms with Gasteiger partial charge in [0.2, 0.25) is 10.1 Å². The molecule has 0 aliphatic carbocycles. The first-order valence-corrected chi connectivity index (χ1v) is 11.1. The summed E-state index contributed by atoms with van der Waals surface area (Å²) in [6.45, 7) is 6.15. The molecule has 2 aromatic heterocycles. The van der Waals surface area contributed by atoms with Gasteiger partial charge < -0.3 is 4.90 Å². The molecule has 0 unspecified atom stereocenters. The van der Waals surface area contributed by atoms with Gasteiger partial charge in [0.1, 0.15) is 0 Å². The maximum atomic E-state index is 12.3. The minimum atomic E-state index is -0.0776. The van der Waals surface area contributed by atoms with E-state index in [2.05, 4.69) is 63.0 Å². The maximum Gasteiger partial charge on any atom is 0.275 e. The van der Waals surface area contributed by atoms with E-state index in [4.69, 9.17) is 0 Å². The van der Waals surface area contributed by atoms with Crippen molar-refractivity contribution in [2.75, 3.05) is 18.0 Å². The minimum Gasteiger partial charge on any atom is -0.347 e. The number of piperidine rings is 1. The number of nitrogens with zero attached hydrogens (tertiary/aromatic N) is 4. The summed E-state index contributed by atoms with van der Waals surface area (Å²) in [5.41, 5.74) is 3.49. The van der Waals surface area contributed by atoms with Crippen LogP contribution in [0.5, 0.6) is 0 Å². The predicted molar refractivity (Wildman–Crippen MR) is 114 cm³/mol. The Morgan fingerprint density at radius 1 is 1.26 bits per heavy atom. The van der Waals surface area contributed by atoms with E-state index in [-0.39, 0.29) is 5.56 Å². The summed E-state index contributed by atoms with van der Waals surface area (Å²) in [7, 11) is 0. The van der Waals surface area contributed by atoms with Crippen LogP contribution in [0.4, 0.5) is 5.13 Å². The maximum absolute atomic E-state index is 12.3. The van der Waals surface area contributed by atoms with Gasteiger partial charge in [0.15, 0.2) is 0 Å². The molecule has 0 radical (unpaired) electrons. The van der Waals surface area contributed by atoms with E-state index in [1.807, 2.05) is 0 Å². The van der Waals surface area contributed by atoms with Crippen molar-refractivity contribution in [1.29, 1.82) is 0 Å². The highest BCUT2D eigenvalue weighted by atomic mass is 79.9. The van der Waals surface area contributed by atoms with Crippen LogP contribution in [0, 0.1) is 6.92 Å². The number of hydrogen-bond donors (Lipinski definition) is 0. The first kappa shape index (κ1) is 18.6. The van der Waals surface area contributed by atoms with Gasteiger partial charge in [0, 0.05) is 29.3 Å². The van der Waals surface area contributed by atoms with Gasteiger partial charge in [0.05, 0.1) is 0 Å². The number of anilines is 1. The van der Waals surface area contributed by atoms with Gasteiger partial charge in [-0.3, -0.25) is 4.79 Å². The molecule has 5 nitrogen and oxygen atoms in total. The Labute approximate surface area is 171 Å². The SMILES string of the molecule is CCCc1cc(=O)n2nc(N3CCC(c4ccc(Br)c(C)c4)CC3)sc2n1. The lowest BCUT2D eigenvalue weighted by Crippen LogP contribution is -2.33. The molecule has 3 heterocycles. The summed E-state index contributed by atoms with van der Waals surface area (Å²) in [4.78, 5) is 19.9. The Hall–Kier alpha value is -1.73. The van der Waals surface area contributed by atoms with Crippen LogP contribution in [0.3, 0.4) is 0 Å². The third-order valence-electron chi connectivity index (χ3n) is 5.21. The van der Waals surface area contributed by atoms with Crippen molar-refractivity contribution in [2.45, 2.75) is 45.4 Å². The fourth-order valence-electron chi connectivity index (χ4n) is 3.68. The Balaban J connectivity index is 1.51. The van der Waals surface area contributed by atoms with E-state index in [0.29, 0.717) is 10.9 Å². The van der Waals surface area contributed by atoms with Crippen molar-refractivity contribution >= 4 is 37.4 Å². The van der Waals surface area contributed by atoms with Crippen molar-refractivity contribution in [1.82, 2.24) is 14.6 Å². The first-order chi connectivity index (χ1) is 13.0. The molecule has 3 aromatic rings. The number of aromatic nitrogens is 3. The highest BCUT2D eigenvalue weighted by molar-refractivity contribution is 9.10. The number of hydrogen-bond acceptors (Lipinski definition) is 5. The molecule has 0 amide bonds. The molecule has 0 bridgehead atoms. The number of fused-ring (bicyclic) bond motifs is 1. The van der Waals surface area contributed by atoms with Crippen LogP contribution in [0.2, 0.25) is 0 Å². The van der Waals surface area contributed by atoms with E-state index in [1.54, 1.807) is 6.07 Å². The fraction of sp³-hybridized carbons (Fsp3) is 0.450. The fourth-order valence-corrected chi connectivity index (χ4v) is 4.91. The van der Waals surface area contributed by atoms with Crippen LogP contribution in [0.1, 0.15) is 48.9 Å². The van der Waals surface area contributed by atoms with Gasteiger partial charge in [0.25, 0.3) is 5.56 Å². The average molecular weight is 447 g/mol. The van der Waals surface area contributed by atoms with E-state index in [1.165, 1.54) is 31.5 Å². The van der Waals surface area contributed by atoms with Crippen molar-refractivity contribution < 1.29 is 0 Å². The van der Waals surface area contributed by atoms with Gasteiger partial charge >= 0.3 is 0 Å². The van der Waals surface area contributed by atoms with Crippen LogP contribution in [-0.2, 0) is 6.42 Å². The van der Waals surface area contributed by atoms with Crippen molar-refractivity contribution in [3.05, 3.63) is 55.9 Å². The molecule has 0 atom stereocenters. The molecule has 1 saturated heterocycles. The lowest BCUT2D eigenvalue weighted by molar-refractivity contribution is 0.503. The molecular weight excluding hydrogens is 424 g/mol. The second-order valence-corrected chi connectivity index (χ2v) is 8.97. The highest BCUT2D eigenvalue weighted by Crippen LogP contribution is 2.33. The average Bonchev–Trinajstić information content (AvgIpc) is 3.09. The zero-order valence-corrected chi connectivity index (χ0v) is 18.0. The van der Waals surface area contributed by atoms with Crippen molar-refractivity contribution in [3.63, 3.8) is 0 Å². The Bertz CT molecular complexity index is 1020. The number of rotatable bonds is 4. The molecule has 0 spiro atoms. The van der Waals surface area contributed by atoms with Gasteiger partial charge in [-0.2, -0.15) is 4.52 Å². The molecule has 0 saturated carbocycles. The monoisotopic (exact) mass is 446 g/mol. The van der Waals surface area contributed by atoms with Gasteiger partial charge in [-0.05, 0) is 49.3 Å². The molecule has 142 valence electrons. The molecule has 4 rings (SSSR count). The van der Waals surface area contributed by atoms with Crippen LogP contribution >= 0.6 is 27.3 Å². The van der Waals surface area contributed by atoms with Crippen molar-refractivity contribution in [3.8, 4) is 0 Å². The summed E-state index contributed by atoms with van der Waals surface area (Å²) in [5.74, 6) is 0.583. The predicted octanol–water partition coefficient (Wildman–Crippen LogP) is 4.56. The Morgan fingerprint density at radius 2 is 2.04 bits per heavy atom. The number of benzene rings is 1. The molecule has 1 fully saturated rings. The summed E-state index contributed by atoms with van der Waals surface area (Å²) in [6.07, 6.45) is 4.01. The van der Waals surface area contributed by atoms with Crippen LogP contribution in [0.15, 0.2) is 33.5 Å². The third kappa shape index (κ3) is 3.80. The minimum absolute atomic E-state index is 0.0776. The summed E-state index contributed by atoms with van der Waals surface area (Å²) in [5, 5.41) is 5.44. The third-order valence-corrected chi connectivity index (χ3v) is 7.07. The number of halogens is 1. The highest BCUT2D eigenvalue weighted by Gasteiger charge is 2.23. The second-order valence-electron chi connectivity index (χ2n) is 7.18. The van der Waals surface area contributed by atoms with Gasteiger partial charge in [-0.25, -0.2) is 4.98 Å². The number of aryl methyl sites for hydroxylation is 2. The Kier molecular flexibility index (Phi) is 5.32. The molecular formula is C20H23BrN4OS. The molecule has 7 heteroatoms. The van der Waals surface area contributed by atoms with Crippen molar-refractivity contribution in [2.24, 2.45) is 0 Å². The summed E-state index contributed by atoms with van der Waals surface area (Å²) in [6, 6.07) is 8.29. The van der Waals surface area contributed by atoms with E-state index >= 15 is 0 Å². The lowest BCUT2D eigenvalue weighted by atomic mass is 9.89.